The molecular weight excluding hydrogens is 389 g/mol. The molecular formula is C20H23F7O. The van der Waals surface area contributed by atoms with E-state index in [9.17, 15) is 30.7 Å². The van der Waals surface area contributed by atoms with Gasteiger partial charge in [0.2, 0.25) is 0 Å². The lowest BCUT2D eigenvalue weighted by molar-refractivity contribution is -0.255. The highest BCUT2D eigenvalue weighted by Crippen LogP contribution is 2.44. The van der Waals surface area contributed by atoms with Crippen LogP contribution in [0.2, 0.25) is 0 Å². The number of ether oxygens (including phenoxy) is 1. The summed E-state index contributed by atoms with van der Waals surface area (Å²) in [6.07, 6.45) is -3.88. The number of hydrogen-bond donors (Lipinski definition) is 0. The zero-order valence-corrected chi connectivity index (χ0v) is 15.3. The zero-order chi connectivity index (χ0) is 20.5. The molecule has 28 heavy (non-hydrogen) atoms. The van der Waals surface area contributed by atoms with Gasteiger partial charge in [-0.1, -0.05) is 0 Å². The van der Waals surface area contributed by atoms with Gasteiger partial charge in [0.25, 0.3) is 0 Å². The normalized spacial score (nSPS) is 29.1. The molecule has 0 amide bonds. The molecule has 0 aromatic heterocycles. The van der Waals surface area contributed by atoms with E-state index in [1.165, 1.54) is 0 Å². The van der Waals surface area contributed by atoms with E-state index in [0.717, 1.165) is 37.8 Å². The summed E-state index contributed by atoms with van der Waals surface area (Å²) in [6.45, 7) is 0. The maximum Gasteiger partial charge on any atom is 0.461 e. The molecule has 158 valence electrons. The quantitative estimate of drug-likeness (QED) is 0.473. The van der Waals surface area contributed by atoms with Crippen LogP contribution in [0.15, 0.2) is 12.1 Å². The van der Waals surface area contributed by atoms with Gasteiger partial charge in [-0.05, 0) is 86.8 Å². The van der Waals surface area contributed by atoms with Crippen molar-refractivity contribution >= 4 is 0 Å². The first-order chi connectivity index (χ1) is 13.2. The average molecular weight is 412 g/mol. The molecule has 0 spiro atoms. The van der Waals surface area contributed by atoms with Crippen LogP contribution >= 0.6 is 0 Å². The van der Waals surface area contributed by atoms with Crippen molar-refractivity contribution in [1.82, 2.24) is 0 Å². The monoisotopic (exact) mass is 412 g/mol. The number of benzene rings is 1. The molecule has 2 aliphatic carbocycles. The summed E-state index contributed by atoms with van der Waals surface area (Å²) in [5.41, 5.74) is 0.314. The lowest BCUT2D eigenvalue weighted by Crippen LogP contribution is -2.34. The smallest absolute Gasteiger partial charge is 0.422 e. The topological polar surface area (TPSA) is 9.23 Å². The van der Waals surface area contributed by atoms with Crippen molar-refractivity contribution in [3.8, 4) is 5.75 Å². The molecule has 1 aromatic rings. The summed E-state index contributed by atoms with van der Waals surface area (Å²) in [7, 11) is 0. The van der Waals surface area contributed by atoms with E-state index in [1.54, 1.807) is 0 Å². The first-order valence-electron chi connectivity index (χ1n) is 9.65. The Bertz CT molecular complexity index is 640. The predicted octanol–water partition coefficient (Wildman–Crippen LogP) is 7.00. The number of rotatable bonds is 5. The molecule has 0 heterocycles. The maximum absolute atomic E-state index is 14.1. The molecule has 3 rings (SSSR count). The van der Waals surface area contributed by atoms with Crippen molar-refractivity contribution in [2.24, 2.45) is 11.8 Å². The van der Waals surface area contributed by atoms with Gasteiger partial charge in [0.1, 0.15) is 6.17 Å². The Hall–Kier alpha value is -1.47. The first-order valence-corrected chi connectivity index (χ1v) is 9.65. The minimum atomic E-state index is -4.97. The summed E-state index contributed by atoms with van der Waals surface area (Å²) in [5.74, 6) is -3.52. The summed E-state index contributed by atoms with van der Waals surface area (Å²) >= 11 is 0. The Morgan fingerprint density at radius 2 is 1.29 bits per heavy atom. The van der Waals surface area contributed by atoms with Crippen molar-refractivity contribution < 1.29 is 35.5 Å². The maximum atomic E-state index is 14.1. The fraction of sp³-hybridized carbons (Fsp3) is 0.700. The van der Waals surface area contributed by atoms with Gasteiger partial charge in [0.15, 0.2) is 17.4 Å². The highest BCUT2D eigenvalue weighted by molar-refractivity contribution is 5.33. The van der Waals surface area contributed by atoms with Gasteiger partial charge >= 0.3 is 12.5 Å². The third-order valence-electron chi connectivity index (χ3n) is 6.12. The molecule has 0 radical (unpaired) electrons. The number of hydrogen-bond acceptors (Lipinski definition) is 1. The Labute approximate surface area is 159 Å². The van der Waals surface area contributed by atoms with E-state index < -0.39 is 36.1 Å². The number of alkyl halides is 5. The fourth-order valence-corrected chi connectivity index (χ4v) is 4.57. The second-order valence-electron chi connectivity index (χ2n) is 7.90. The standard InChI is InChI=1S/C20H23F7O/c21-15-7-5-12(6-8-15)11-1-3-13(4-2-11)14-9-16(22)18(17(23)10-14)28-20(26,27)19(24)25/h9-13,15,19H,1-8H2. The second kappa shape index (κ2) is 8.49. The Kier molecular flexibility index (Phi) is 6.44. The van der Waals surface area contributed by atoms with Crippen LogP contribution in [-0.2, 0) is 0 Å². The van der Waals surface area contributed by atoms with Gasteiger partial charge in [-0.25, -0.2) is 13.2 Å². The molecule has 0 N–H and O–H groups in total. The molecule has 8 heteroatoms. The average Bonchev–Trinajstić information content (AvgIpc) is 2.65. The van der Waals surface area contributed by atoms with E-state index in [4.69, 9.17) is 0 Å². The third-order valence-corrected chi connectivity index (χ3v) is 6.12. The molecule has 0 unspecified atom stereocenters. The van der Waals surface area contributed by atoms with Crippen molar-refractivity contribution in [2.45, 2.75) is 76.0 Å². The molecule has 0 bridgehead atoms. The van der Waals surface area contributed by atoms with E-state index in [0.29, 0.717) is 43.1 Å². The van der Waals surface area contributed by atoms with Gasteiger partial charge in [0, 0.05) is 0 Å². The van der Waals surface area contributed by atoms with E-state index in [2.05, 4.69) is 4.74 Å². The van der Waals surface area contributed by atoms with Gasteiger partial charge in [0.05, 0.1) is 0 Å². The minimum absolute atomic E-state index is 0.137. The van der Waals surface area contributed by atoms with Gasteiger partial charge in [-0.3, -0.25) is 0 Å². The van der Waals surface area contributed by atoms with Crippen LogP contribution in [0, 0.1) is 23.5 Å². The molecule has 0 aliphatic heterocycles. The molecule has 1 nitrogen and oxygen atoms in total. The molecule has 0 saturated heterocycles. The van der Waals surface area contributed by atoms with Crippen LogP contribution < -0.4 is 4.74 Å². The van der Waals surface area contributed by atoms with Crippen LogP contribution in [0.5, 0.6) is 5.75 Å². The Balaban J connectivity index is 1.64. The highest BCUT2D eigenvalue weighted by Gasteiger charge is 2.45. The largest absolute Gasteiger partial charge is 0.461 e. The Morgan fingerprint density at radius 3 is 1.75 bits per heavy atom. The minimum Gasteiger partial charge on any atom is -0.422 e. The predicted molar refractivity (Wildman–Crippen MR) is 89.5 cm³/mol. The molecule has 2 saturated carbocycles. The summed E-state index contributed by atoms with van der Waals surface area (Å²) < 4.78 is 95.4. The summed E-state index contributed by atoms with van der Waals surface area (Å²) in [6, 6.07) is 1.78. The van der Waals surface area contributed by atoms with E-state index >= 15 is 0 Å². The van der Waals surface area contributed by atoms with Crippen molar-refractivity contribution in [2.75, 3.05) is 0 Å². The van der Waals surface area contributed by atoms with Crippen LogP contribution in [-0.4, -0.2) is 18.7 Å². The van der Waals surface area contributed by atoms with E-state index in [-0.39, 0.29) is 5.92 Å². The van der Waals surface area contributed by atoms with Crippen molar-refractivity contribution in [3.63, 3.8) is 0 Å². The number of halogens is 7. The summed E-state index contributed by atoms with van der Waals surface area (Å²) in [5, 5.41) is 0. The van der Waals surface area contributed by atoms with Crippen LogP contribution in [0.1, 0.15) is 62.8 Å². The third kappa shape index (κ3) is 4.74. The van der Waals surface area contributed by atoms with Crippen molar-refractivity contribution in [1.29, 1.82) is 0 Å². The molecule has 2 aliphatic rings. The summed E-state index contributed by atoms with van der Waals surface area (Å²) in [4.78, 5) is 0. The molecule has 1 aromatic carbocycles. The Morgan fingerprint density at radius 1 is 0.821 bits per heavy atom. The lowest BCUT2D eigenvalue weighted by atomic mass is 9.69. The first kappa shape index (κ1) is 21.2. The SMILES string of the molecule is Fc1cc(C2CCC(C3CCC(F)CC3)CC2)cc(F)c1OC(F)(F)C(F)F. The molecule has 2 fully saturated rings. The van der Waals surface area contributed by atoms with Gasteiger partial charge in [-0.15, -0.1) is 0 Å². The lowest BCUT2D eigenvalue weighted by Gasteiger charge is -2.36. The van der Waals surface area contributed by atoms with Crippen LogP contribution in [0.4, 0.5) is 30.7 Å². The van der Waals surface area contributed by atoms with Crippen LogP contribution in [0.3, 0.4) is 0 Å². The van der Waals surface area contributed by atoms with Gasteiger partial charge in [-0.2, -0.15) is 17.6 Å². The van der Waals surface area contributed by atoms with Crippen molar-refractivity contribution in [3.05, 3.63) is 29.3 Å². The highest BCUT2D eigenvalue weighted by atomic mass is 19.3. The fourth-order valence-electron chi connectivity index (χ4n) is 4.57. The molecule has 0 atom stereocenters. The van der Waals surface area contributed by atoms with Gasteiger partial charge < -0.3 is 4.74 Å². The van der Waals surface area contributed by atoms with Crippen LogP contribution in [0.25, 0.3) is 0 Å². The van der Waals surface area contributed by atoms with E-state index in [1.807, 2.05) is 0 Å². The second-order valence-corrected chi connectivity index (χ2v) is 7.90. The zero-order valence-electron chi connectivity index (χ0n) is 15.3.